The average molecular weight is 257 g/mol. The van der Waals surface area contributed by atoms with Crippen LogP contribution < -0.4 is 0 Å². The minimum absolute atomic E-state index is 0.132. The molecule has 0 aromatic rings. The summed E-state index contributed by atoms with van der Waals surface area (Å²) < 4.78 is 9.83. The van der Waals surface area contributed by atoms with Crippen molar-refractivity contribution in [2.75, 3.05) is 33.4 Å². The molecule has 0 spiro atoms. The first-order valence-corrected chi connectivity index (χ1v) is 5.80. The van der Waals surface area contributed by atoms with Crippen molar-refractivity contribution in [3.05, 3.63) is 12.7 Å². The largest absolute Gasteiger partial charge is 0.481 e. The van der Waals surface area contributed by atoms with Gasteiger partial charge in [0.2, 0.25) is 0 Å². The minimum Gasteiger partial charge on any atom is -0.481 e. The normalized spacial score (nSPS) is 22.8. The molecule has 18 heavy (non-hydrogen) atoms. The SMILES string of the molecule is C=CCOC(=O)N1CCC(CCOC)(C(=O)O)C1. The lowest BCUT2D eigenvalue weighted by Gasteiger charge is -2.24. The van der Waals surface area contributed by atoms with Gasteiger partial charge in [0, 0.05) is 26.8 Å². The van der Waals surface area contributed by atoms with E-state index < -0.39 is 17.5 Å². The number of aliphatic carboxylic acids is 1. The zero-order valence-corrected chi connectivity index (χ0v) is 10.6. The molecule has 0 aliphatic carbocycles. The third kappa shape index (κ3) is 3.22. The maximum atomic E-state index is 11.6. The molecule has 1 aliphatic rings. The summed E-state index contributed by atoms with van der Waals surface area (Å²) in [6, 6.07) is 0. The summed E-state index contributed by atoms with van der Waals surface area (Å²) in [5.74, 6) is -0.890. The minimum atomic E-state index is -0.913. The monoisotopic (exact) mass is 257 g/mol. The maximum absolute atomic E-state index is 11.6. The Bertz CT molecular complexity index is 330. The molecule has 6 heteroatoms. The lowest BCUT2D eigenvalue weighted by molar-refractivity contribution is -0.149. The summed E-state index contributed by atoms with van der Waals surface area (Å²) in [6.07, 6.45) is 1.80. The van der Waals surface area contributed by atoms with Crippen molar-refractivity contribution >= 4 is 12.1 Å². The number of hydrogen-bond donors (Lipinski definition) is 1. The third-order valence-electron chi connectivity index (χ3n) is 3.18. The van der Waals surface area contributed by atoms with Crippen LogP contribution in [0.5, 0.6) is 0 Å². The molecule has 1 N–H and O–H groups in total. The fourth-order valence-corrected chi connectivity index (χ4v) is 2.03. The molecule has 0 aromatic carbocycles. The molecular formula is C12H19NO5. The number of carboxylic acid groups (broad SMARTS) is 1. The number of carboxylic acids is 1. The van der Waals surface area contributed by atoms with Crippen molar-refractivity contribution in [2.24, 2.45) is 5.41 Å². The Balaban J connectivity index is 2.62. The number of nitrogens with zero attached hydrogens (tertiary/aromatic N) is 1. The van der Waals surface area contributed by atoms with E-state index in [-0.39, 0.29) is 13.2 Å². The molecule has 1 unspecified atom stereocenters. The molecule has 0 radical (unpaired) electrons. The topological polar surface area (TPSA) is 76.1 Å². The molecule has 1 rings (SSSR count). The van der Waals surface area contributed by atoms with Gasteiger partial charge in [0.25, 0.3) is 0 Å². The smallest absolute Gasteiger partial charge is 0.410 e. The first kappa shape index (κ1) is 14.5. The number of methoxy groups -OCH3 is 1. The van der Waals surface area contributed by atoms with Crippen LogP contribution in [0.2, 0.25) is 0 Å². The van der Waals surface area contributed by atoms with E-state index in [4.69, 9.17) is 9.47 Å². The molecule has 0 bridgehead atoms. The van der Waals surface area contributed by atoms with E-state index in [0.29, 0.717) is 26.0 Å². The van der Waals surface area contributed by atoms with Gasteiger partial charge in [-0.15, -0.1) is 0 Å². The highest BCUT2D eigenvalue weighted by Crippen LogP contribution is 2.34. The number of likely N-dealkylation sites (tertiary alicyclic amines) is 1. The predicted octanol–water partition coefficient (Wildman–Crippen LogP) is 1.12. The second-order valence-corrected chi connectivity index (χ2v) is 4.37. The highest BCUT2D eigenvalue weighted by atomic mass is 16.6. The number of ether oxygens (including phenoxy) is 2. The lowest BCUT2D eigenvalue weighted by Crippen LogP contribution is -2.38. The van der Waals surface area contributed by atoms with E-state index in [2.05, 4.69) is 6.58 Å². The van der Waals surface area contributed by atoms with Crippen molar-refractivity contribution < 1.29 is 24.2 Å². The number of hydrogen-bond acceptors (Lipinski definition) is 4. The average Bonchev–Trinajstić information content (AvgIpc) is 2.79. The Labute approximate surface area is 106 Å². The third-order valence-corrected chi connectivity index (χ3v) is 3.18. The molecule has 1 saturated heterocycles. The second kappa shape index (κ2) is 6.39. The Morgan fingerprint density at radius 1 is 1.56 bits per heavy atom. The lowest BCUT2D eigenvalue weighted by atomic mass is 9.84. The Kier molecular flexibility index (Phi) is 5.15. The fraction of sp³-hybridized carbons (Fsp3) is 0.667. The van der Waals surface area contributed by atoms with Crippen LogP contribution in [0.3, 0.4) is 0 Å². The van der Waals surface area contributed by atoms with Crippen molar-refractivity contribution in [1.29, 1.82) is 0 Å². The van der Waals surface area contributed by atoms with Gasteiger partial charge in [0.15, 0.2) is 0 Å². The molecule has 1 aliphatic heterocycles. The van der Waals surface area contributed by atoms with E-state index >= 15 is 0 Å². The summed E-state index contributed by atoms with van der Waals surface area (Å²) in [7, 11) is 1.53. The van der Waals surface area contributed by atoms with E-state index in [1.54, 1.807) is 0 Å². The summed E-state index contributed by atoms with van der Waals surface area (Å²) in [5.41, 5.74) is -0.913. The first-order valence-electron chi connectivity index (χ1n) is 5.80. The highest BCUT2D eigenvalue weighted by molar-refractivity contribution is 5.77. The van der Waals surface area contributed by atoms with Crippen molar-refractivity contribution in [1.82, 2.24) is 4.90 Å². The standard InChI is InChI=1S/C12H19NO5/c1-3-7-18-11(16)13-6-4-12(9-13,10(14)15)5-8-17-2/h3H,1,4-9H2,2H3,(H,14,15). The van der Waals surface area contributed by atoms with Crippen LogP contribution in [0.4, 0.5) is 4.79 Å². The Morgan fingerprint density at radius 2 is 2.28 bits per heavy atom. The molecule has 0 saturated carbocycles. The van der Waals surface area contributed by atoms with Crippen LogP contribution in [0.1, 0.15) is 12.8 Å². The van der Waals surface area contributed by atoms with E-state index in [9.17, 15) is 14.7 Å². The predicted molar refractivity (Wildman–Crippen MR) is 64.3 cm³/mol. The maximum Gasteiger partial charge on any atom is 0.410 e. The van der Waals surface area contributed by atoms with Crippen LogP contribution in [0.15, 0.2) is 12.7 Å². The van der Waals surface area contributed by atoms with Crippen LogP contribution in [-0.4, -0.2) is 55.5 Å². The van der Waals surface area contributed by atoms with Gasteiger partial charge in [-0.05, 0) is 12.8 Å². The van der Waals surface area contributed by atoms with Crippen molar-refractivity contribution in [3.8, 4) is 0 Å². The summed E-state index contributed by atoms with van der Waals surface area (Å²) in [4.78, 5) is 24.4. The number of carbonyl (C=O) groups excluding carboxylic acids is 1. The van der Waals surface area contributed by atoms with Gasteiger partial charge < -0.3 is 19.5 Å². The van der Waals surface area contributed by atoms with Crippen LogP contribution >= 0.6 is 0 Å². The van der Waals surface area contributed by atoms with E-state index in [0.717, 1.165) is 0 Å². The summed E-state index contributed by atoms with van der Waals surface area (Å²) in [6.45, 7) is 4.51. The van der Waals surface area contributed by atoms with Crippen molar-refractivity contribution in [3.63, 3.8) is 0 Å². The number of rotatable bonds is 6. The molecule has 1 amide bonds. The summed E-state index contributed by atoms with van der Waals surface area (Å²) in [5, 5.41) is 9.32. The van der Waals surface area contributed by atoms with Crippen LogP contribution in [0.25, 0.3) is 0 Å². The van der Waals surface area contributed by atoms with E-state index in [1.165, 1.54) is 18.1 Å². The molecule has 1 heterocycles. The second-order valence-electron chi connectivity index (χ2n) is 4.37. The van der Waals surface area contributed by atoms with Gasteiger partial charge in [-0.3, -0.25) is 4.79 Å². The fourth-order valence-electron chi connectivity index (χ4n) is 2.03. The van der Waals surface area contributed by atoms with Crippen molar-refractivity contribution in [2.45, 2.75) is 12.8 Å². The van der Waals surface area contributed by atoms with E-state index in [1.807, 2.05) is 0 Å². The molecule has 6 nitrogen and oxygen atoms in total. The van der Waals surface area contributed by atoms with Gasteiger partial charge in [-0.2, -0.15) is 0 Å². The Hall–Kier alpha value is -1.56. The zero-order chi connectivity index (χ0) is 13.6. The molecule has 102 valence electrons. The van der Waals surface area contributed by atoms with Crippen LogP contribution in [0, 0.1) is 5.41 Å². The number of amides is 1. The molecule has 1 atom stereocenters. The highest BCUT2D eigenvalue weighted by Gasteiger charge is 2.46. The Morgan fingerprint density at radius 3 is 2.83 bits per heavy atom. The van der Waals surface area contributed by atoms with Gasteiger partial charge in [0.1, 0.15) is 6.61 Å². The molecular weight excluding hydrogens is 238 g/mol. The van der Waals surface area contributed by atoms with Gasteiger partial charge in [0.05, 0.1) is 5.41 Å². The molecule has 1 fully saturated rings. The quantitative estimate of drug-likeness (QED) is 0.722. The van der Waals surface area contributed by atoms with Gasteiger partial charge in [-0.25, -0.2) is 4.79 Å². The van der Waals surface area contributed by atoms with Crippen LogP contribution in [-0.2, 0) is 14.3 Å². The first-order chi connectivity index (χ1) is 8.55. The summed E-state index contributed by atoms with van der Waals surface area (Å²) >= 11 is 0. The van der Waals surface area contributed by atoms with Gasteiger partial charge in [-0.1, -0.05) is 12.7 Å². The zero-order valence-electron chi connectivity index (χ0n) is 10.6. The molecule has 0 aromatic heterocycles. The van der Waals surface area contributed by atoms with Gasteiger partial charge >= 0.3 is 12.1 Å². The number of carbonyl (C=O) groups is 2.